The van der Waals surface area contributed by atoms with E-state index in [1.165, 1.54) is 33.7 Å². The van der Waals surface area contributed by atoms with Crippen LogP contribution in [0.2, 0.25) is 0 Å². The highest BCUT2D eigenvalue weighted by Crippen LogP contribution is 2.29. The number of halogens is 3. The predicted octanol–water partition coefficient (Wildman–Crippen LogP) is 3.91. The van der Waals surface area contributed by atoms with Crippen LogP contribution in [0.4, 0.5) is 13.2 Å². The van der Waals surface area contributed by atoms with Crippen LogP contribution in [0.25, 0.3) is 16.9 Å². The maximum Gasteiger partial charge on any atom is 0.416 e. The summed E-state index contributed by atoms with van der Waals surface area (Å²) in [5, 5.41) is 0. The molecule has 4 aromatic rings. The van der Waals surface area contributed by atoms with Gasteiger partial charge in [-0.3, -0.25) is 9.36 Å². The van der Waals surface area contributed by atoms with E-state index in [4.69, 9.17) is 0 Å². The standard InChI is InChI=1S/C23H19F3N4O2/c1-3-12-29-21(31)19-20(30(22(29)32)18-7-5-4-6-15(18)2)27-14-28(19)13-16-8-10-17(11-9-16)23(24,25)26/h3-11,14H,1,12-13H2,2H3. The normalized spacial score (nSPS) is 11.8. The van der Waals surface area contributed by atoms with E-state index in [0.29, 0.717) is 11.3 Å². The minimum atomic E-state index is -4.43. The van der Waals surface area contributed by atoms with Gasteiger partial charge in [-0.15, -0.1) is 6.58 Å². The van der Waals surface area contributed by atoms with E-state index in [9.17, 15) is 22.8 Å². The lowest BCUT2D eigenvalue weighted by Gasteiger charge is -2.13. The first-order chi connectivity index (χ1) is 15.2. The highest BCUT2D eigenvalue weighted by atomic mass is 19.4. The molecule has 0 radical (unpaired) electrons. The van der Waals surface area contributed by atoms with Crippen LogP contribution < -0.4 is 11.2 Å². The molecule has 2 heterocycles. The molecule has 0 aliphatic rings. The second kappa shape index (κ2) is 7.99. The van der Waals surface area contributed by atoms with Crippen molar-refractivity contribution in [2.45, 2.75) is 26.2 Å². The molecule has 0 atom stereocenters. The van der Waals surface area contributed by atoms with Gasteiger partial charge in [0.1, 0.15) is 0 Å². The third-order valence-electron chi connectivity index (χ3n) is 5.20. The van der Waals surface area contributed by atoms with Gasteiger partial charge >= 0.3 is 11.9 Å². The SMILES string of the molecule is C=CCn1c(=O)c2c(ncn2Cc2ccc(C(F)(F)F)cc2)n(-c2ccccc2C)c1=O. The average molecular weight is 440 g/mol. The van der Waals surface area contributed by atoms with Gasteiger partial charge in [0.15, 0.2) is 11.2 Å². The Labute approximate surface area is 180 Å². The monoisotopic (exact) mass is 440 g/mol. The minimum Gasteiger partial charge on any atom is -0.320 e. The number of aryl methyl sites for hydroxylation is 1. The van der Waals surface area contributed by atoms with Crippen LogP contribution in [0.5, 0.6) is 0 Å². The van der Waals surface area contributed by atoms with Gasteiger partial charge in [0.25, 0.3) is 5.56 Å². The summed E-state index contributed by atoms with van der Waals surface area (Å²) in [4.78, 5) is 30.6. The molecule has 6 nitrogen and oxygen atoms in total. The average Bonchev–Trinajstić information content (AvgIpc) is 3.15. The van der Waals surface area contributed by atoms with Crippen molar-refractivity contribution in [1.82, 2.24) is 18.7 Å². The van der Waals surface area contributed by atoms with E-state index in [0.717, 1.165) is 22.3 Å². The molecule has 0 unspecified atom stereocenters. The van der Waals surface area contributed by atoms with Crippen LogP contribution in [-0.2, 0) is 19.3 Å². The maximum absolute atomic E-state index is 13.2. The molecule has 0 spiro atoms. The van der Waals surface area contributed by atoms with Crippen LogP contribution in [0.15, 0.2) is 77.1 Å². The first-order valence-electron chi connectivity index (χ1n) is 9.76. The van der Waals surface area contributed by atoms with Gasteiger partial charge in [0, 0.05) is 13.1 Å². The molecule has 0 saturated heterocycles. The number of para-hydroxylation sites is 1. The van der Waals surface area contributed by atoms with Crippen LogP contribution in [0, 0.1) is 6.92 Å². The zero-order valence-corrected chi connectivity index (χ0v) is 17.1. The highest BCUT2D eigenvalue weighted by Gasteiger charge is 2.30. The van der Waals surface area contributed by atoms with E-state index in [1.807, 2.05) is 19.1 Å². The number of alkyl halides is 3. The van der Waals surface area contributed by atoms with Gasteiger partial charge in [-0.2, -0.15) is 13.2 Å². The lowest BCUT2D eigenvalue weighted by atomic mass is 10.1. The molecule has 0 saturated carbocycles. The topological polar surface area (TPSA) is 61.8 Å². The maximum atomic E-state index is 13.2. The summed E-state index contributed by atoms with van der Waals surface area (Å²) in [7, 11) is 0. The Hall–Kier alpha value is -3.88. The smallest absolute Gasteiger partial charge is 0.320 e. The van der Waals surface area contributed by atoms with Crippen molar-refractivity contribution in [3.8, 4) is 5.69 Å². The summed E-state index contributed by atoms with van der Waals surface area (Å²) in [5.41, 5.74) is 0.475. The van der Waals surface area contributed by atoms with E-state index in [-0.39, 0.29) is 24.3 Å². The number of hydrogen-bond acceptors (Lipinski definition) is 3. The highest BCUT2D eigenvalue weighted by molar-refractivity contribution is 5.73. The van der Waals surface area contributed by atoms with Gasteiger partial charge in [-0.25, -0.2) is 14.3 Å². The van der Waals surface area contributed by atoms with Crippen LogP contribution in [0.1, 0.15) is 16.7 Å². The van der Waals surface area contributed by atoms with Crippen LogP contribution >= 0.6 is 0 Å². The van der Waals surface area contributed by atoms with Crippen LogP contribution in [-0.4, -0.2) is 18.7 Å². The Kier molecular flexibility index (Phi) is 5.33. The van der Waals surface area contributed by atoms with Gasteiger partial charge < -0.3 is 4.57 Å². The van der Waals surface area contributed by atoms with Gasteiger partial charge in [0.2, 0.25) is 0 Å². The Morgan fingerprint density at radius 1 is 1.06 bits per heavy atom. The summed E-state index contributed by atoms with van der Waals surface area (Å²) < 4.78 is 42.5. The first-order valence-corrected chi connectivity index (χ1v) is 9.76. The summed E-state index contributed by atoms with van der Waals surface area (Å²) in [5.74, 6) is 0. The zero-order chi connectivity index (χ0) is 23.0. The lowest BCUT2D eigenvalue weighted by molar-refractivity contribution is -0.137. The van der Waals surface area contributed by atoms with E-state index in [1.54, 1.807) is 12.1 Å². The molecular formula is C23H19F3N4O2. The van der Waals surface area contributed by atoms with Gasteiger partial charge in [-0.1, -0.05) is 36.4 Å². The zero-order valence-electron chi connectivity index (χ0n) is 17.1. The van der Waals surface area contributed by atoms with E-state index >= 15 is 0 Å². The van der Waals surface area contributed by atoms with Crippen molar-refractivity contribution < 1.29 is 13.2 Å². The molecule has 2 aromatic carbocycles. The van der Waals surface area contributed by atoms with Crippen molar-refractivity contribution in [1.29, 1.82) is 0 Å². The number of imidazole rings is 1. The Balaban J connectivity index is 1.91. The van der Waals surface area contributed by atoms with Crippen molar-refractivity contribution in [2.24, 2.45) is 0 Å². The molecule has 0 aliphatic carbocycles. The molecule has 0 bridgehead atoms. The van der Waals surface area contributed by atoms with Gasteiger partial charge in [-0.05, 0) is 36.2 Å². The molecule has 2 aromatic heterocycles. The third kappa shape index (κ3) is 3.66. The fourth-order valence-electron chi connectivity index (χ4n) is 3.62. The lowest BCUT2D eigenvalue weighted by Crippen LogP contribution is -2.40. The number of benzene rings is 2. The minimum absolute atomic E-state index is 0.00491. The molecule has 9 heteroatoms. The first kappa shape index (κ1) is 21.4. The molecule has 32 heavy (non-hydrogen) atoms. The Morgan fingerprint density at radius 3 is 2.38 bits per heavy atom. The molecule has 0 aliphatic heterocycles. The number of fused-ring (bicyclic) bond motifs is 1. The molecule has 0 fully saturated rings. The summed E-state index contributed by atoms with van der Waals surface area (Å²) in [6.07, 6.45) is -1.56. The Morgan fingerprint density at radius 2 is 1.75 bits per heavy atom. The quantitative estimate of drug-likeness (QED) is 0.442. The third-order valence-corrected chi connectivity index (χ3v) is 5.20. The van der Waals surface area contributed by atoms with Crippen molar-refractivity contribution >= 4 is 11.2 Å². The predicted molar refractivity (Wildman–Crippen MR) is 115 cm³/mol. The fourth-order valence-corrected chi connectivity index (χ4v) is 3.62. The largest absolute Gasteiger partial charge is 0.416 e. The second-order valence-electron chi connectivity index (χ2n) is 7.35. The van der Waals surface area contributed by atoms with Gasteiger partial charge in [0.05, 0.1) is 17.6 Å². The van der Waals surface area contributed by atoms with Crippen molar-refractivity contribution in [3.63, 3.8) is 0 Å². The van der Waals surface area contributed by atoms with Crippen molar-refractivity contribution in [3.05, 3.63) is 105 Å². The molecular weight excluding hydrogens is 421 g/mol. The number of rotatable bonds is 5. The van der Waals surface area contributed by atoms with Crippen LogP contribution in [0.3, 0.4) is 0 Å². The molecule has 164 valence electrons. The van der Waals surface area contributed by atoms with E-state index in [2.05, 4.69) is 11.6 Å². The molecule has 0 N–H and O–H groups in total. The number of nitrogens with zero attached hydrogens (tertiary/aromatic N) is 4. The number of hydrogen-bond donors (Lipinski definition) is 0. The summed E-state index contributed by atoms with van der Waals surface area (Å²) >= 11 is 0. The van der Waals surface area contributed by atoms with Crippen molar-refractivity contribution in [2.75, 3.05) is 0 Å². The summed E-state index contributed by atoms with van der Waals surface area (Å²) in [6, 6.07) is 11.9. The van der Waals surface area contributed by atoms with E-state index < -0.39 is 23.0 Å². The number of allylic oxidation sites excluding steroid dienone is 1. The summed E-state index contributed by atoms with van der Waals surface area (Å²) in [6.45, 7) is 5.58. The fraction of sp³-hybridized carbons (Fsp3) is 0.174. The number of aromatic nitrogens is 4. The molecule has 0 amide bonds. The Bertz CT molecular complexity index is 1430. The second-order valence-corrected chi connectivity index (χ2v) is 7.35. The molecule has 4 rings (SSSR count).